The molecular formula is C17H27N3O2. The van der Waals surface area contributed by atoms with Gasteiger partial charge in [0.2, 0.25) is 5.91 Å². The van der Waals surface area contributed by atoms with Crippen LogP contribution in [-0.2, 0) is 4.79 Å². The van der Waals surface area contributed by atoms with Crippen molar-refractivity contribution in [2.75, 3.05) is 18.0 Å². The Labute approximate surface area is 133 Å². The second-order valence-electron chi connectivity index (χ2n) is 6.16. The SMILES string of the molecule is Cc1ccccc1N(CC(=O)NC(=O)NCC(C)C)C(C)C. The number of hydrogen-bond acceptors (Lipinski definition) is 3. The number of para-hydroxylation sites is 1. The molecule has 122 valence electrons. The van der Waals surface area contributed by atoms with Gasteiger partial charge in [0.15, 0.2) is 0 Å². The Morgan fingerprint density at radius 2 is 1.77 bits per heavy atom. The average Bonchev–Trinajstić information content (AvgIpc) is 2.43. The number of nitrogens with zero attached hydrogens (tertiary/aromatic N) is 1. The molecule has 1 aromatic carbocycles. The van der Waals surface area contributed by atoms with Crippen LogP contribution in [0.2, 0.25) is 0 Å². The predicted molar refractivity (Wildman–Crippen MR) is 90.0 cm³/mol. The number of benzene rings is 1. The lowest BCUT2D eigenvalue weighted by Crippen LogP contribution is -2.47. The summed E-state index contributed by atoms with van der Waals surface area (Å²) >= 11 is 0. The van der Waals surface area contributed by atoms with Crippen molar-refractivity contribution in [1.29, 1.82) is 0 Å². The summed E-state index contributed by atoms with van der Waals surface area (Å²) in [5.41, 5.74) is 2.11. The number of amides is 3. The van der Waals surface area contributed by atoms with Crippen LogP contribution in [-0.4, -0.2) is 31.1 Å². The van der Waals surface area contributed by atoms with E-state index >= 15 is 0 Å². The third kappa shape index (κ3) is 5.76. The number of rotatable bonds is 6. The molecule has 0 saturated heterocycles. The number of urea groups is 1. The molecule has 0 bridgehead atoms. The second kappa shape index (κ2) is 8.41. The van der Waals surface area contributed by atoms with Gasteiger partial charge in [-0.15, -0.1) is 0 Å². The highest BCUT2D eigenvalue weighted by Crippen LogP contribution is 2.21. The van der Waals surface area contributed by atoms with Crippen molar-refractivity contribution in [3.8, 4) is 0 Å². The molecule has 0 aliphatic carbocycles. The van der Waals surface area contributed by atoms with Crippen LogP contribution in [0.4, 0.5) is 10.5 Å². The molecule has 0 spiro atoms. The van der Waals surface area contributed by atoms with E-state index in [1.165, 1.54) is 0 Å². The van der Waals surface area contributed by atoms with Crippen molar-refractivity contribution < 1.29 is 9.59 Å². The highest BCUT2D eigenvalue weighted by atomic mass is 16.2. The van der Waals surface area contributed by atoms with Gasteiger partial charge in [-0.2, -0.15) is 0 Å². The van der Waals surface area contributed by atoms with E-state index in [2.05, 4.69) is 10.6 Å². The average molecular weight is 305 g/mol. The largest absolute Gasteiger partial charge is 0.360 e. The number of carbonyl (C=O) groups is 2. The van der Waals surface area contributed by atoms with Crippen molar-refractivity contribution in [2.45, 2.75) is 40.7 Å². The summed E-state index contributed by atoms with van der Waals surface area (Å²) < 4.78 is 0. The van der Waals surface area contributed by atoms with Gasteiger partial charge in [-0.25, -0.2) is 4.79 Å². The van der Waals surface area contributed by atoms with E-state index in [-0.39, 0.29) is 18.5 Å². The highest BCUT2D eigenvalue weighted by molar-refractivity contribution is 5.96. The fourth-order valence-electron chi connectivity index (χ4n) is 2.09. The molecule has 5 nitrogen and oxygen atoms in total. The first kappa shape index (κ1) is 18.0. The van der Waals surface area contributed by atoms with Gasteiger partial charge in [-0.05, 0) is 38.3 Å². The summed E-state index contributed by atoms with van der Waals surface area (Å²) in [5.74, 6) is 0.0400. The van der Waals surface area contributed by atoms with Crippen molar-refractivity contribution in [2.24, 2.45) is 5.92 Å². The minimum absolute atomic E-state index is 0.150. The van der Waals surface area contributed by atoms with Crippen LogP contribution in [0.15, 0.2) is 24.3 Å². The molecule has 5 heteroatoms. The molecule has 0 saturated carbocycles. The zero-order valence-electron chi connectivity index (χ0n) is 14.1. The molecule has 1 aromatic rings. The number of carbonyl (C=O) groups excluding carboxylic acids is 2. The molecule has 0 radical (unpaired) electrons. The van der Waals surface area contributed by atoms with Gasteiger partial charge in [-0.1, -0.05) is 32.0 Å². The lowest BCUT2D eigenvalue weighted by Gasteiger charge is -2.29. The minimum Gasteiger partial charge on any atom is -0.360 e. The van der Waals surface area contributed by atoms with Crippen molar-refractivity contribution >= 4 is 17.6 Å². The molecule has 0 heterocycles. The lowest BCUT2D eigenvalue weighted by molar-refractivity contribution is -0.118. The van der Waals surface area contributed by atoms with Crippen LogP contribution in [0, 0.1) is 12.8 Å². The van der Waals surface area contributed by atoms with Gasteiger partial charge in [0, 0.05) is 18.3 Å². The second-order valence-corrected chi connectivity index (χ2v) is 6.16. The molecule has 2 N–H and O–H groups in total. The first-order valence-electron chi connectivity index (χ1n) is 7.71. The van der Waals surface area contributed by atoms with Crippen molar-refractivity contribution in [3.05, 3.63) is 29.8 Å². The maximum absolute atomic E-state index is 12.1. The molecule has 0 aromatic heterocycles. The predicted octanol–water partition coefficient (Wildman–Crippen LogP) is 2.69. The molecule has 0 aliphatic heterocycles. The summed E-state index contributed by atoms with van der Waals surface area (Å²) in [5, 5.41) is 5.06. The smallest absolute Gasteiger partial charge is 0.321 e. The van der Waals surface area contributed by atoms with Crippen LogP contribution in [0.25, 0.3) is 0 Å². The first-order chi connectivity index (χ1) is 10.3. The van der Waals surface area contributed by atoms with E-state index in [1.807, 2.05) is 63.8 Å². The Bertz CT molecular complexity index is 512. The van der Waals surface area contributed by atoms with Gasteiger partial charge in [0.25, 0.3) is 0 Å². The normalized spacial score (nSPS) is 10.7. The van der Waals surface area contributed by atoms with Crippen LogP contribution in [0.1, 0.15) is 33.3 Å². The molecular weight excluding hydrogens is 278 g/mol. The lowest BCUT2D eigenvalue weighted by atomic mass is 10.1. The molecule has 0 fully saturated rings. The summed E-state index contributed by atoms with van der Waals surface area (Å²) in [6.45, 7) is 10.8. The third-order valence-corrected chi connectivity index (χ3v) is 3.29. The van der Waals surface area contributed by atoms with Crippen LogP contribution in [0.5, 0.6) is 0 Å². The van der Waals surface area contributed by atoms with E-state index in [4.69, 9.17) is 0 Å². The molecule has 22 heavy (non-hydrogen) atoms. The number of nitrogens with one attached hydrogen (secondary N) is 2. The van der Waals surface area contributed by atoms with Crippen LogP contribution >= 0.6 is 0 Å². The zero-order valence-corrected chi connectivity index (χ0v) is 14.1. The summed E-state index contributed by atoms with van der Waals surface area (Å²) in [6.07, 6.45) is 0. The molecule has 0 atom stereocenters. The molecule has 3 amide bonds. The molecule has 0 aliphatic rings. The topological polar surface area (TPSA) is 61.4 Å². The maximum Gasteiger partial charge on any atom is 0.321 e. The van der Waals surface area contributed by atoms with Crippen molar-refractivity contribution in [1.82, 2.24) is 10.6 Å². The Morgan fingerprint density at radius 3 is 2.32 bits per heavy atom. The quantitative estimate of drug-likeness (QED) is 0.849. The minimum atomic E-state index is -0.438. The number of hydrogen-bond donors (Lipinski definition) is 2. The number of aryl methyl sites for hydroxylation is 1. The monoisotopic (exact) mass is 305 g/mol. The van der Waals surface area contributed by atoms with Gasteiger partial charge in [0.05, 0.1) is 6.54 Å². The fraction of sp³-hybridized carbons (Fsp3) is 0.529. The van der Waals surface area contributed by atoms with Gasteiger partial charge in [0.1, 0.15) is 0 Å². The van der Waals surface area contributed by atoms with Gasteiger partial charge in [-0.3, -0.25) is 10.1 Å². The maximum atomic E-state index is 12.1. The third-order valence-electron chi connectivity index (χ3n) is 3.29. The van der Waals surface area contributed by atoms with E-state index < -0.39 is 6.03 Å². The highest BCUT2D eigenvalue weighted by Gasteiger charge is 2.17. The first-order valence-corrected chi connectivity index (χ1v) is 7.71. The fourth-order valence-corrected chi connectivity index (χ4v) is 2.09. The van der Waals surface area contributed by atoms with E-state index in [9.17, 15) is 9.59 Å². The summed E-state index contributed by atoms with van der Waals surface area (Å²) in [6, 6.07) is 7.64. The zero-order chi connectivity index (χ0) is 16.7. The van der Waals surface area contributed by atoms with Gasteiger partial charge < -0.3 is 10.2 Å². The molecule has 0 unspecified atom stereocenters. The standard InChI is InChI=1S/C17H27N3O2/c1-12(2)10-18-17(22)19-16(21)11-20(13(3)4)15-9-7-6-8-14(15)5/h6-9,12-13H,10-11H2,1-5H3,(H2,18,19,21,22). The van der Waals surface area contributed by atoms with Crippen molar-refractivity contribution in [3.63, 3.8) is 0 Å². The summed E-state index contributed by atoms with van der Waals surface area (Å²) in [7, 11) is 0. The Hall–Kier alpha value is -2.04. The summed E-state index contributed by atoms with van der Waals surface area (Å²) in [4.78, 5) is 25.7. The van der Waals surface area contributed by atoms with Crippen LogP contribution in [0.3, 0.4) is 0 Å². The Kier molecular flexibility index (Phi) is 6.89. The van der Waals surface area contributed by atoms with Crippen LogP contribution < -0.4 is 15.5 Å². The molecule has 1 rings (SSSR count). The van der Waals surface area contributed by atoms with E-state index in [1.54, 1.807) is 0 Å². The van der Waals surface area contributed by atoms with Gasteiger partial charge >= 0.3 is 6.03 Å². The number of imide groups is 1. The number of anilines is 1. The van der Waals surface area contributed by atoms with E-state index in [0.29, 0.717) is 12.5 Å². The van der Waals surface area contributed by atoms with E-state index in [0.717, 1.165) is 11.3 Å². The Morgan fingerprint density at radius 1 is 1.14 bits per heavy atom. The Balaban J connectivity index is 2.66.